The summed E-state index contributed by atoms with van der Waals surface area (Å²) >= 11 is 0. The van der Waals surface area contributed by atoms with Gasteiger partial charge in [-0.05, 0) is 38.1 Å². The highest BCUT2D eigenvalue weighted by atomic mass is 16.3. The van der Waals surface area contributed by atoms with Crippen LogP contribution in [0.3, 0.4) is 0 Å². The Labute approximate surface area is 167 Å². The molecule has 142 valence electrons. The fraction of sp³-hybridized carbons (Fsp3) is 0.136. The van der Waals surface area contributed by atoms with E-state index in [1.807, 2.05) is 36.4 Å². The van der Waals surface area contributed by atoms with Gasteiger partial charge in [0.25, 0.3) is 0 Å². The Balaban J connectivity index is 1.69. The van der Waals surface area contributed by atoms with Gasteiger partial charge >= 0.3 is 0 Å². The molecule has 0 saturated carbocycles. The normalized spacial score (nSPS) is 12.8. The van der Waals surface area contributed by atoms with Gasteiger partial charge in [-0.1, -0.05) is 24.0 Å². The van der Waals surface area contributed by atoms with E-state index in [2.05, 4.69) is 36.8 Å². The summed E-state index contributed by atoms with van der Waals surface area (Å²) in [5.41, 5.74) is 8.61. The summed E-state index contributed by atoms with van der Waals surface area (Å²) in [6.07, 6.45) is 4.57. The number of fused-ring (bicyclic) bond motifs is 1. The van der Waals surface area contributed by atoms with Gasteiger partial charge in [0.05, 0.1) is 17.4 Å². The summed E-state index contributed by atoms with van der Waals surface area (Å²) in [6.45, 7) is 3.38. The summed E-state index contributed by atoms with van der Waals surface area (Å²) in [6, 6.07) is 11.4. The molecule has 3 aromatic heterocycles. The number of hydrogen-bond acceptors (Lipinski definition) is 7. The summed E-state index contributed by atoms with van der Waals surface area (Å²) in [7, 11) is 0. The van der Waals surface area contributed by atoms with Crippen LogP contribution in [0.2, 0.25) is 0 Å². The monoisotopic (exact) mass is 382 g/mol. The lowest BCUT2D eigenvalue weighted by molar-refractivity contribution is 0.117. The molecule has 0 aliphatic heterocycles. The van der Waals surface area contributed by atoms with Crippen molar-refractivity contribution in [3.05, 3.63) is 72.1 Å². The van der Waals surface area contributed by atoms with Crippen LogP contribution in [-0.4, -0.2) is 30.0 Å². The highest BCUT2D eigenvalue weighted by Crippen LogP contribution is 2.23. The number of nitrogen functional groups attached to an aromatic ring is 1. The number of aryl methyl sites for hydroxylation is 1. The zero-order valence-electron chi connectivity index (χ0n) is 16.0. The zero-order valence-corrected chi connectivity index (χ0v) is 16.0. The highest BCUT2D eigenvalue weighted by Gasteiger charge is 2.21. The number of pyridine rings is 1. The Morgan fingerprint density at radius 2 is 1.93 bits per heavy atom. The highest BCUT2D eigenvalue weighted by molar-refractivity contribution is 5.86. The van der Waals surface area contributed by atoms with E-state index < -0.39 is 5.60 Å². The summed E-state index contributed by atoms with van der Waals surface area (Å²) < 4.78 is 0. The van der Waals surface area contributed by atoms with E-state index in [1.165, 1.54) is 12.4 Å². The van der Waals surface area contributed by atoms with E-state index >= 15 is 0 Å². The number of nitrogens with two attached hydrogens (primary N) is 1. The van der Waals surface area contributed by atoms with Gasteiger partial charge in [0.1, 0.15) is 17.0 Å². The molecule has 0 saturated heterocycles. The van der Waals surface area contributed by atoms with E-state index in [0.29, 0.717) is 28.4 Å². The summed E-state index contributed by atoms with van der Waals surface area (Å²) in [5.74, 6) is 6.82. The van der Waals surface area contributed by atoms with Gasteiger partial charge in [-0.2, -0.15) is 0 Å². The molecule has 3 heterocycles. The Morgan fingerprint density at radius 3 is 2.72 bits per heavy atom. The largest absolute Gasteiger partial charge is 0.382 e. The Hall–Kier alpha value is -3.89. The predicted molar refractivity (Wildman–Crippen MR) is 110 cm³/mol. The standard InChI is InChI=1S/C22H18N6O/c1-14-26-18-7-6-17(28-20(18)21(23)27-14)16-5-3-4-15(12-16)8-9-22(2,29)19-13-24-10-11-25-19/h3-7,10-13,29H,1-2H3,(H2,23,26,27)/t22-/m1/s1. The quantitative estimate of drug-likeness (QED) is 0.513. The average molecular weight is 382 g/mol. The molecule has 3 N–H and O–H groups in total. The topological polar surface area (TPSA) is 111 Å². The molecule has 0 bridgehead atoms. The predicted octanol–water partition coefficient (Wildman–Crippen LogP) is 2.63. The van der Waals surface area contributed by atoms with Crippen molar-refractivity contribution < 1.29 is 5.11 Å². The molecule has 7 nitrogen and oxygen atoms in total. The molecule has 0 unspecified atom stereocenters. The maximum atomic E-state index is 10.6. The zero-order chi connectivity index (χ0) is 20.4. The molecule has 0 radical (unpaired) electrons. The molecule has 0 aliphatic rings. The molecule has 0 aliphatic carbocycles. The van der Waals surface area contributed by atoms with Gasteiger partial charge in [0.2, 0.25) is 0 Å². The Morgan fingerprint density at radius 1 is 1.07 bits per heavy atom. The van der Waals surface area contributed by atoms with Crippen molar-refractivity contribution in [1.82, 2.24) is 24.9 Å². The van der Waals surface area contributed by atoms with E-state index in [0.717, 1.165) is 16.8 Å². The number of rotatable bonds is 2. The molecular weight excluding hydrogens is 364 g/mol. The maximum Gasteiger partial charge on any atom is 0.166 e. The first kappa shape index (κ1) is 18.5. The van der Waals surface area contributed by atoms with Crippen molar-refractivity contribution >= 4 is 16.9 Å². The molecule has 0 amide bonds. The second-order valence-electron chi connectivity index (χ2n) is 6.71. The minimum atomic E-state index is -1.41. The van der Waals surface area contributed by atoms with E-state index in [1.54, 1.807) is 20.0 Å². The van der Waals surface area contributed by atoms with E-state index in [4.69, 9.17) is 5.73 Å². The minimum Gasteiger partial charge on any atom is -0.382 e. The molecule has 0 fully saturated rings. The van der Waals surface area contributed by atoms with Gasteiger partial charge in [-0.3, -0.25) is 9.97 Å². The van der Waals surface area contributed by atoms with Gasteiger partial charge in [-0.25, -0.2) is 15.0 Å². The van der Waals surface area contributed by atoms with Gasteiger partial charge < -0.3 is 10.8 Å². The molecule has 1 aromatic carbocycles. The van der Waals surface area contributed by atoms with Crippen molar-refractivity contribution in [3.8, 4) is 23.1 Å². The Kier molecular flexibility index (Phi) is 4.63. The van der Waals surface area contributed by atoms with Crippen molar-refractivity contribution in [1.29, 1.82) is 0 Å². The van der Waals surface area contributed by atoms with Crippen LogP contribution < -0.4 is 5.73 Å². The second kappa shape index (κ2) is 7.26. The van der Waals surface area contributed by atoms with Crippen LogP contribution in [0.4, 0.5) is 5.82 Å². The molecule has 29 heavy (non-hydrogen) atoms. The second-order valence-corrected chi connectivity index (χ2v) is 6.71. The number of anilines is 1. The molecule has 0 spiro atoms. The average Bonchev–Trinajstić information content (AvgIpc) is 2.73. The van der Waals surface area contributed by atoms with Crippen molar-refractivity contribution in [2.45, 2.75) is 19.4 Å². The van der Waals surface area contributed by atoms with Crippen LogP contribution in [0.15, 0.2) is 55.0 Å². The number of aromatic nitrogens is 5. The number of benzene rings is 1. The summed E-state index contributed by atoms with van der Waals surface area (Å²) in [5, 5.41) is 10.6. The lowest BCUT2D eigenvalue weighted by Crippen LogP contribution is -2.20. The lowest BCUT2D eigenvalue weighted by Gasteiger charge is -2.14. The number of hydrogen-bond donors (Lipinski definition) is 2. The molecule has 1 atom stereocenters. The van der Waals surface area contributed by atoms with Gasteiger partial charge in [0.15, 0.2) is 11.4 Å². The third-order valence-corrected chi connectivity index (χ3v) is 4.35. The third-order valence-electron chi connectivity index (χ3n) is 4.35. The first-order chi connectivity index (χ1) is 13.9. The first-order valence-corrected chi connectivity index (χ1v) is 8.96. The molecule has 7 heteroatoms. The first-order valence-electron chi connectivity index (χ1n) is 8.96. The van der Waals surface area contributed by atoms with Crippen LogP contribution in [0.5, 0.6) is 0 Å². The minimum absolute atomic E-state index is 0.352. The molecular formula is C22H18N6O. The molecule has 4 rings (SSSR count). The fourth-order valence-corrected chi connectivity index (χ4v) is 2.88. The van der Waals surface area contributed by atoms with Gasteiger partial charge in [-0.15, -0.1) is 0 Å². The van der Waals surface area contributed by atoms with Gasteiger partial charge in [0, 0.05) is 23.5 Å². The van der Waals surface area contributed by atoms with Crippen molar-refractivity contribution in [2.75, 3.05) is 5.73 Å². The van der Waals surface area contributed by atoms with Crippen molar-refractivity contribution in [3.63, 3.8) is 0 Å². The Bertz CT molecular complexity index is 1260. The molecule has 4 aromatic rings. The van der Waals surface area contributed by atoms with Crippen LogP contribution in [0.25, 0.3) is 22.3 Å². The number of nitrogens with zero attached hydrogens (tertiary/aromatic N) is 5. The van der Waals surface area contributed by atoms with Crippen LogP contribution in [0.1, 0.15) is 24.0 Å². The smallest absolute Gasteiger partial charge is 0.166 e. The lowest BCUT2D eigenvalue weighted by atomic mass is 10.0. The van der Waals surface area contributed by atoms with Crippen LogP contribution >= 0.6 is 0 Å². The van der Waals surface area contributed by atoms with E-state index in [9.17, 15) is 5.11 Å². The SMILES string of the molecule is Cc1nc(N)c2nc(-c3cccc(C#C[C@@](C)(O)c4cnccn4)c3)ccc2n1. The number of aliphatic hydroxyl groups is 1. The fourth-order valence-electron chi connectivity index (χ4n) is 2.88. The van der Waals surface area contributed by atoms with Crippen molar-refractivity contribution in [2.24, 2.45) is 0 Å². The van der Waals surface area contributed by atoms with Crippen LogP contribution in [-0.2, 0) is 5.60 Å². The van der Waals surface area contributed by atoms with Crippen LogP contribution in [0, 0.1) is 18.8 Å². The van der Waals surface area contributed by atoms with E-state index in [-0.39, 0.29) is 0 Å². The maximum absolute atomic E-state index is 10.6. The third kappa shape index (κ3) is 3.88. The summed E-state index contributed by atoms with van der Waals surface area (Å²) in [4.78, 5) is 21.3.